The lowest BCUT2D eigenvalue weighted by atomic mass is 9.94. The molecule has 3 nitrogen and oxygen atoms in total. The van der Waals surface area contributed by atoms with E-state index in [0.717, 1.165) is 62.0 Å². The van der Waals surface area contributed by atoms with Crippen molar-refractivity contribution in [2.75, 3.05) is 19.8 Å². The highest BCUT2D eigenvalue weighted by atomic mass is 19.2. The van der Waals surface area contributed by atoms with Gasteiger partial charge in [-0.15, -0.1) is 0 Å². The second-order valence-electron chi connectivity index (χ2n) is 10.9. The van der Waals surface area contributed by atoms with Gasteiger partial charge < -0.3 is 14.2 Å². The molecular formula is C35H46F2O3. The smallest absolute Gasteiger partial charge is 0.201 e. The summed E-state index contributed by atoms with van der Waals surface area (Å²) in [6, 6.07) is 18.3. The van der Waals surface area contributed by atoms with E-state index in [2.05, 4.69) is 27.7 Å². The molecule has 3 rings (SSSR count). The number of benzene rings is 3. The van der Waals surface area contributed by atoms with E-state index < -0.39 is 11.6 Å². The quantitative estimate of drug-likeness (QED) is 0.147. The molecule has 0 aromatic heterocycles. The molecule has 0 aliphatic rings. The Morgan fingerprint density at radius 1 is 0.600 bits per heavy atom. The number of unbranched alkanes of at least 4 members (excludes halogenated alkanes) is 6. The van der Waals surface area contributed by atoms with E-state index in [0.29, 0.717) is 18.8 Å². The summed E-state index contributed by atoms with van der Waals surface area (Å²) >= 11 is 0. The lowest BCUT2D eigenvalue weighted by Gasteiger charge is -2.23. The zero-order chi connectivity index (χ0) is 28.8. The maximum atomic E-state index is 15.3. The van der Waals surface area contributed by atoms with Crippen LogP contribution in [0.15, 0.2) is 60.7 Å². The molecule has 40 heavy (non-hydrogen) atoms. The van der Waals surface area contributed by atoms with E-state index in [4.69, 9.17) is 14.2 Å². The standard InChI is InChI=1S/C35H46F2O3/c1-5-7-8-9-10-13-25-39-32-23-22-31(33(36)34(32)37)30-17-12-11-16-29(30)27-18-20-28(21-19-27)38-24-14-15-26-40-35(3,4)6-2/h11-12,16-23H,5-10,13-15,24-26H2,1-4H3. The average molecular weight is 553 g/mol. The van der Waals surface area contributed by atoms with E-state index in [1.807, 2.05) is 48.5 Å². The summed E-state index contributed by atoms with van der Waals surface area (Å²) in [5, 5.41) is 0. The van der Waals surface area contributed by atoms with E-state index >= 15 is 4.39 Å². The number of halogens is 2. The summed E-state index contributed by atoms with van der Waals surface area (Å²) < 4.78 is 47.6. The van der Waals surface area contributed by atoms with E-state index in [1.54, 1.807) is 6.07 Å². The third-order valence-electron chi connectivity index (χ3n) is 7.34. The molecule has 3 aromatic rings. The number of rotatable bonds is 18. The van der Waals surface area contributed by atoms with Crippen molar-refractivity contribution in [1.29, 1.82) is 0 Å². The van der Waals surface area contributed by atoms with Gasteiger partial charge in [0, 0.05) is 12.2 Å². The molecule has 0 unspecified atom stereocenters. The highest BCUT2D eigenvalue weighted by Crippen LogP contribution is 2.36. The second-order valence-corrected chi connectivity index (χ2v) is 10.9. The van der Waals surface area contributed by atoms with Crippen LogP contribution in [0.4, 0.5) is 8.78 Å². The molecule has 3 aromatic carbocycles. The maximum Gasteiger partial charge on any atom is 0.201 e. The van der Waals surface area contributed by atoms with Crippen molar-refractivity contribution in [2.24, 2.45) is 0 Å². The molecule has 218 valence electrons. The Morgan fingerprint density at radius 2 is 1.23 bits per heavy atom. The molecule has 5 heteroatoms. The minimum atomic E-state index is -0.939. The van der Waals surface area contributed by atoms with Crippen molar-refractivity contribution in [1.82, 2.24) is 0 Å². The highest BCUT2D eigenvalue weighted by Gasteiger charge is 2.18. The molecule has 0 atom stereocenters. The zero-order valence-electron chi connectivity index (χ0n) is 24.7. The Labute approximate surface area is 239 Å². The number of ether oxygens (including phenoxy) is 3. The van der Waals surface area contributed by atoms with Crippen molar-refractivity contribution < 1.29 is 23.0 Å². The van der Waals surface area contributed by atoms with Crippen LogP contribution in [0, 0.1) is 11.6 Å². The molecule has 0 N–H and O–H groups in total. The second kappa shape index (κ2) is 16.4. The minimum Gasteiger partial charge on any atom is -0.494 e. The maximum absolute atomic E-state index is 15.3. The SMILES string of the molecule is CCCCCCCCOc1ccc(-c2ccccc2-c2ccc(OCCCCOC(C)(C)CC)cc2)c(F)c1F. The number of hydrogen-bond acceptors (Lipinski definition) is 3. The van der Waals surface area contributed by atoms with Crippen LogP contribution in [0.25, 0.3) is 22.3 Å². The van der Waals surface area contributed by atoms with Gasteiger partial charge in [0.1, 0.15) is 5.75 Å². The van der Waals surface area contributed by atoms with Crippen LogP contribution >= 0.6 is 0 Å². The summed E-state index contributed by atoms with van der Waals surface area (Å²) in [6.07, 6.45) is 9.49. The first kappa shape index (κ1) is 31.6. The number of hydrogen-bond donors (Lipinski definition) is 0. The molecule has 0 saturated carbocycles. The van der Waals surface area contributed by atoms with Gasteiger partial charge in [0.25, 0.3) is 0 Å². The van der Waals surface area contributed by atoms with Gasteiger partial charge in [0.15, 0.2) is 11.6 Å². The molecule has 0 saturated heterocycles. The van der Waals surface area contributed by atoms with Gasteiger partial charge in [-0.2, -0.15) is 4.39 Å². The van der Waals surface area contributed by atoms with Crippen molar-refractivity contribution in [3.05, 3.63) is 72.3 Å². The topological polar surface area (TPSA) is 27.7 Å². The van der Waals surface area contributed by atoms with Crippen LogP contribution in [-0.4, -0.2) is 25.4 Å². The van der Waals surface area contributed by atoms with Gasteiger partial charge in [-0.1, -0.05) is 82.3 Å². The van der Waals surface area contributed by atoms with E-state index in [1.165, 1.54) is 25.3 Å². The zero-order valence-corrected chi connectivity index (χ0v) is 24.7. The monoisotopic (exact) mass is 552 g/mol. The van der Waals surface area contributed by atoms with Crippen LogP contribution in [0.1, 0.15) is 85.5 Å². The third kappa shape index (κ3) is 9.62. The Bertz CT molecular complexity index is 1160. The van der Waals surface area contributed by atoms with Gasteiger partial charge in [0.2, 0.25) is 5.82 Å². The van der Waals surface area contributed by atoms with E-state index in [-0.39, 0.29) is 16.9 Å². The van der Waals surface area contributed by atoms with Crippen LogP contribution in [-0.2, 0) is 4.74 Å². The van der Waals surface area contributed by atoms with Crippen molar-refractivity contribution in [2.45, 2.75) is 91.1 Å². The molecule has 0 aliphatic carbocycles. The molecule has 0 spiro atoms. The van der Waals surface area contributed by atoms with Gasteiger partial charge in [-0.25, -0.2) is 4.39 Å². The molecule has 0 fully saturated rings. The van der Waals surface area contributed by atoms with Gasteiger partial charge >= 0.3 is 0 Å². The molecule has 0 radical (unpaired) electrons. The summed E-state index contributed by atoms with van der Waals surface area (Å²) in [5.74, 6) is -1.08. The predicted molar refractivity (Wildman–Crippen MR) is 161 cm³/mol. The van der Waals surface area contributed by atoms with Crippen LogP contribution in [0.5, 0.6) is 11.5 Å². The largest absolute Gasteiger partial charge is 0.494 e. The Balaban J connectivity index is 1.59. The summed E-state index contributed by atoms with van der Waals surface area (Å²) in [6.45, 7) is 10.3. The predicted octanol–water partition coefficient (Wildman–Crippen LogP) is 10.4. The fourth-order valence-corrected chi connectivity index (χ4v) is 4.46. The van der Waals surface area contributed by atoms with E-state index in [9.17, 15) is 4.39 Å². The Morgan fingerprint density at radius 3 is 1.95 bits per heavy atom. The third-order valence-corrected chi connectivity index (χ3v) is 7.34. The lowest BCUT2D eigenvalue weighted by Crippen LogP contribution is -2.23. The first-order valence-electron chi connectivity index (χ1n) is 14.9. The van der Waals surface area contributed by atoms with Crippen LogP contribution < -0.4 is 9.47 Å². The van der Waals surface area contributed by atoms with Crippen molar-refractivity contribution >= 4 is 0 Å². The Kier molecular flexibility index (Phi) is 12.9. The summed E-state index contributed by atoms with van der Waals surface area (Å²) in [4.78, 5) is 0. The lowest BCUT2D eigenvalue weighted by molar-refractivity contribution is -0.0223. The van der Waals surface area contributed by atoms with Crippen molar-refractivity contribution in [3.63, 3.8) is 0 Å². The first-order valence-corrected chi connectivity index (χ1v) is 14.9. The average Bonchev–Trinajstić information content (AvgIpc) is 2.97. The first-order chi connectivity index (χ1) is 19.4. The molecule has 0 aliphatic heterocycles. The Hall–Kier alpha value is -2.92. The fraction of sp³-hybridized carbons (Fsp3) is 0.486. The van der Waals surface area contributed by atoms with Gasteiger partial charge in [0.05, 0.1) is 18.8 Å². The summed E-state index contributed by atoms with van der Waals surface area (Å²) in [5.41, 5.74) is 2.49. The molecule has 0 bridgehead atoms. The van der Waals surface area contributed by atoms with Gasteiger partial charge in [-0.3, -0.25) is 0 Å². The van der Waals surface area contributed by atoms with Gasteiger partial charge in [-0.05, 0) is 80.5 Å². The normalized spacial score (nSPS) is 11.6. The molecular weight excluding hydrogens is 506 g/mol. The highest BCUT2D eigenvalue weighted by molar-refractivity contribution is 5.84. The van der Waals surface area contributed by atoms with Crippen LogP contribution in [0.2, 0.25) is 0 Å². The fourth-order valence-electron chi connectivity index (χ4n) is 4.46. The van der Waals surface area contributed by atoms with Crippen LogP contribution in [0.3, 0.4) is 0 Å². The minimum absolute atomic E-state index is 0.0329. The van der Waals surface area contributed by atoms with Crippen molar-refractivity contribution in [3.8, 4) is 33.8 Å². The molecule has 0 amide bonds. The summed E-state index contributed by atoms with van der Waals surface area (Å²) in [7, 11) is 0. The molecule has 0 heterocycles.